The number of ether oxygens (including phenoxy) is 2. The molecule has 1 amide bonds. The van der Waals surface area contributed by atoms with Crippen molar-refractivity contribution in [1.29, 1.82) is 0 Å². The van der Waals surface area contributed by atoms with E-state index in [1.54, 1.807) is 14.2 Å². The SMILES string of the molecule is COCCC[C@H]1CCCN(C(=O)c2cc3c(cc2OC)CCC3)C1. The number of carbonyl (C=O) groups excluding carboxylic acids is 1. The molecule has 0 unspecified atom stereocenters. The molecule has 1 fully saturated rings. The van der Waals surface area contributed by atoms with Crippen molar-refractivity contribution in [3.63, 3.8) is 0 Å². The third-order valence-electron chi connectivity index (χ3n) is 5.41. The lowest BCUT2D eigenvalue weighted by atomic mass is 9.93. The van der Waals surface area contributed by atoms with Crippen molar-refractivity contribution in [1.82, 2.24) is 4.90 Å². The largest absolute Gasteiger partial charge is 0.496 e. The normalized spacial score (nSPS) is 20.1. The number of nitrogens with zero attached hydrogens (tertiary/aromatic N) is 1. The number of carbonyl (C=O) groups is 1. The fourth-order valence-electron chi connectivity index (χ4n) is 4.11. The standard InChI is InChI=1S/C20H29NO3/c1-23-11-5-7-15-6-4-10-21(14-15)20(22)18-12-16-8-3-9-17(16)13-19(18)24-2/h12-13,15H,3-11,14H2,1-2H3/t15-/m1/s1. The Hall–Kier alpha value is -1.55. The van der Waals surface area contributed by atoms with Gasteiger partial charge in [-0.15, -0.1) is 0 Å². The zero-order valence-corrected chi connectivity index (χ0v) is 15.0. The van der Waals surface area contributed by atoms with Crippen LogP contribution in [0, 0.1) is 5.92 Å². The number of amides is 1. The molecule has 0 radical (unpaired) electrons. The van der Waals surface area contributed by atoms with Crippen molar-refractivity contribution in [2.75, 3.05) is 33.9 Å². The van der Waals surface area contributed by atoms with Gasteiger partial charge in [-0.25, -0.2) is 0 Å². The van der Waals surface area contributed by atoms with Crippen molar-refractivity contribution in [2.45, 2.75) is 44.9 Å². The average molecular weight is 331 g/mol. The van der Waals surface area contributed by atoms with Gasteiger partial charge in [-0.2, -0.15) is 0 Å². The topological polar surface area (TPSA) is 38.8 Å². The summed E-state index contributed by atoms with van der Waals surface area (Å²) < 4.78 is 10.7. The molecule has 4 heteroatoms. The van der Waals surface area contributed by atoms with Crippen molar-refractivity contribution < 1.29 is 14.3 Å². The maximum atomic E-state index is 13.1. The molecule has 1 heterocycles. The first kappa shape index (κ1) is 17.3. The number of methoxy groups -OCH3 is 2. The molecule has 2 aliphatic rings. The minimum Gasteiger partial charge on any atom is -0.496 e. The molecular formula is C20H29NO3. The van der Waals surface area contributed by atoms with Gasteiger partial charge in [0.15, 0.2) is 0 Å². The van der Waals surface area contributed by atoms with E-state index >= 15 is 0 Å². The zero-order valence-electron chi connectivity index (χ0n) is 15.0. The maximum absolute atomic E-state index is 13.1. The first-order valence-electron chi connectivity index (χ1n) is 9.21. The van der Waals surface area contributed by atoms with Crippen LogP contribution in [0.4, 0.5) is 0 Å². The van der Waals surface area contributed by atoms with Crippen molar-refractivity contribution in [3.8, 4) is 5.75 Å². The second-order valence-corrected chi connectivity index (χ2v) is 7.07. The van der Waals surface area contributed by atoms with Crippen LogP contribution in [0.5, 0.6) is 5.75 Å². The Morgan fingerprint density at radius 1 is 1.21 bits per heavy atom. The van der Waals surface area contributed by atoms with Gasteiger partial charge in [-0.1, -0.05) is 0 Å². The Morgan fingerprint density at radius 3 is 2.75 bits per heavy atom. The molecule has 0 N–H and O–H groups in total. The number of fused-ring (bicyclic) bond motifs is 1. The van der Waals surface area contributed by atoms with Crippen LogP contribution in [0.25, 0.3) is 0 Å². The summed E-state index contributed by atoms with van der Waals surface area (Å²) >= 11 is 0. The predicted octanol–water partition coefficient (Wildman–Crippen LogP) is 3.46. The van der Waals surface area contributed by atoms with Crippen LogP contribution in [-0.2, 0) is 17.6 Å². The molecule has 1 aliphatic heterocycles. The van der Waals surface area contributed by atoms with Crippen LogP contribution < -0.4 is 4.74 Å². The average Bonchev–Trinajstić information content (AvgIpc) is 3.08. The molecule has 0 bridgehead atoms. The van der Waals surface area contributed by atoms with E-state index in [0.29, 0.717) is 5.92 Å². The first-order valence-corrected chi connectivity index (χ1v) is 9.21. The van der Waals surface area contributed by atoms with Gasteiger partial charge in [0.05, 0.1) is 12.7 Å². The third kappa shape index (κ3) is 3.75. The van der Waals surface area contributed by atoms with Gasteiger partial charge >= 0.3 is 0 Å². The number of rotatable bonds is 6. The Kier molecular flexibility index (Phi) is 5.77. The summed E-state index contributed by atoms with van der Waals surface area (Å²) in [6.45, 7) is 2.53. The molecule has 1 atom stereocenters. The molecule has 1 aliphatic carbocycles. The monoisotopic (exact) mass is 331 g/mol. The van der Waals surface area contributed by atoms with Crippen LogP contribution in [0.2, 0.25) is 0 Å². The number of hydrogen-bond acceptors (Lipinski definition) is 3. The molecule has 4 nitrogen and oxygen atoms in total. The summed E-state index contributed by atoms with van der Waals surface area (Å²) in [5, 5.41) is 0. The highest BCUT2D eigenvalue weighted by atomic mass is 16.5. The highest BCUT2D eigenvalue weighted by Crippen LogP contribution is 2.32. The van der Waals surface area contributed by atoms with Gasteiger partial charge < -0.3 is 14.4 Å². The Labute approximate surface area is 145 Å². The van der Waals surface area contributed by atoms with Gasteiger partial charge in [-0.3, -0.25) is 4.79 Å². The van der Waals surface area contributed by atoms with Gasteiger partial charge in [0, 0.05) is 26.8 Å². The van der Waals surface area contributed by atoms with E-state index < -0.39 is 0 Å². The van der Waals surface area contributed by atoms with Crippen LogP contribution in [0.1, 0.15) is 53.6 Å². The molecule has 1 aromatic carbocycles. The smallest absolute Gasteiger partial charge is 0.257 e. The van der Waals surface area contributed by atoms with E-state index in [2.05, 4.69) is 12.1 Å². The Balaban J connectivity index is 1.71. The van der Waals surface area contributed by atoms with E-state index in [9.17, 15) is 4.79 Å². The second kappa shape index (κ2) is 8.02. The highest BCUT2D eigenvalue weighted by Gasteiger charge is 2.27. The Morgan fingerprint density at radius 2 is 2.00 bits per heavy atom. The minimum atomic E-state index is 0.137. The van der Waals surface area contributed by atoms with Crippen molar-refractivity contribution >= 4 is 5.91 Å². The molecule has 0 saturated carbocycles. The summed E-state index contributed by atoms with van der Waals surface area (Å²) in [7, 11) is 3.41. The van der Waals surface area contributed by atoms with E-state index in [-0.39, 0.29) is 5.91 Å². The van der Waals surface area contributed by atoms with E-state index in [1.807, 2.05) is 4.90 Å². The fourth-order valence-corrected chi connectivity index (χ4v) is 4.11. The van der Waals surface area contributed by atoms with Crippen LogP contribution in [0.15, 0.2) is 12.1 Å². The number of aryl methyl sites for hydroxylation is 2. The van der Waals surface area contributed by atoms with Crippen LogP contribution in [0.3, 0.4) is 0 Å². The van der Waals surface area contributed by atoms with Gasteiger partial charge in [0.25, 0.3) is 5.91 Å². The summed E-state index contributed by atoms with van der Waals surface area (Å²) in [5.74, 6) is 1.47. The lowest BCUT2D eigenvalue weighted by Gasteiger charge is -2.33. The molecule has 0 spiro atoms. The third-order valence-corrected chi connectivity index (χ3v) is 5.41. The fraction of sp³-hybridized carbons (Fsp3) is 0.650. The maximum Gasteiger partial charge on any atom is 0.257 e. The number of hydrogen-bond donors (Lipinski definition) is 0. The minimum absolute atomic E-state index is 0.137. The molecule has 1 aromatic rings. The van der Waals surface area contributed by atoms with Gasteiger partial charge in [0.2, 0.25) is 0 Å². The zero-order chi connectivity index (χ0) is 16.9. The molecule has 1 saturated heterocycles. The summed E-state index contributed by atoms with van der Waals surface area (Å²) in [5.41, 5.74) is 3.42. The molecule has 132 valence electrons. The highest BCUT2D eigenvalue weighted by molar-refractivity contribution is 5.97. The molecule has 3 rings (SSSR count). The summed E-state index contributed by atoms with van der Waals surface area (Å²) in [6.07, 6.45) is 7.89. The predicted molar refractivity (Wildman–Crippen MR) is 94.8 cm³/mol. The van der Waals surface area contributed by atoms with Gasteiger partial charge in [0.1, 0.15) is 5.75 Å². The summed E-state index contributed by atoms with van der Waals surface area (Å²) in [6, 6.07) is 4.16. The Bertz CT molecular complexity index is 584. The number of likely N-dealkylation sites (tertiary alicyclic amines) is 1. The van der Waals surface area contributed by atoms with Gasteiger partial charge in [-0.05, 0) is 74.1 Å². The molecule has 0 aromatic heterocycles. The number of piperidine rings is 1. The van der Waals surface area contributed by atoms with E-state index in [1.165, 1.54) is 24.0 Å². The van der Waals surface area contributed by atoms with Crippen molar-refractivity contribution in [2.24, 2.45) is 5.92 Å². The van der Waals surface area contributed by atoms with Crippen molar-refractivity contribution in [3.05, 3.63) is 28.8 Å². The molecular weight excluding hydrogens is 302 g/mol. The first-order chi connectivity index (χ1) is 11.7. The number of benzene rings is 1. The quantitative estimate of drug-likeness (QED) is 0.749. The second-order valence-electron chi connectivity index (χ2n) is 7.07. The van der Waals surface area contributed by atoms with E-state index in [0.717, 1.165) is 63.1 Å². The van der Waals surface area contributed by atoms with Crippen LogP contribution in [-0.4, -0.2) is 44.7 Å². The molecule has 24 heavy (non-hydrogen) atoms. The van der Waals surface area contributed by atoms with E-state index in [4.69, 9.17) is 9.47 Å². The lowest BCUT2D eigenvalue weighted by Crippen LogP contribution is -2.40. The lowest BCUT2D eigenvalue weighted by molar-refractivity contribution is 0.0657. The van der Waals surface area contributed by atoms with Crippen LogP contribution >= 0.6 is 0 Å². The summed E-state index contributed by atoms with van der Waals surface area (Å²) in [4.78, 5) is 15.1.